The van der Waals surface area contributed by atoms with Crippen molar-refractivity contribution in [2.24, 2.45) is 0 Å². The number of nitrogens with zero attached hydrogens (tertiary/aromatic N) is 2. The van der Waals surface area contributed by atoms with Gasteiger partial charge in [-0.25, -0.2) is 13.5 Å². The molecule has 2 rings (SSSR count). The lowest BCUT2D eigenvalue weighted by atomic mass is 10.1. The molecule has 0 aliphatic heterocycles. The lowest BCUT2D eigenvalue weighted by molar-refractivity contribution is -0.114. The number of carbonyl (C=O) groups excluding carboxylic acids is 2. The minimum atomic E-state index is -4.15. The van der Waals surface area contributed by atoms with Gasteiger partial charge in [-0.15, -0.1) is 0 Å². The number of nitrogens with one attached hydrogen (secondary N) is 1. The van der Waals surface area contributed by atoms with E-state index in [2.05, 4.69) is 5.32 Å². The van der Waals surface area contributed by atoms with E-state index in [9.17, 15) is 22.4 Å². The molecule has 0 unspecified atom stereocenters. The number of rotatable bonds is 8. The quantitative estimate of drug-likeness (QED) is 0.641. The van der Waals surface area contributed by atoms with Gasteiger partial charge in [0.2, 0.25) is 5.91 Å². The summed E-state index contributed by atoms with van der Waals surface area (Å²) in [7, 11) is -1.58. The maximum Gasteiger partial charge on any atom is 0.338 e. The molecule has 0 heterocycles. The molecular formula is C20H24FN3O5S. The standard InChI is InChI=1S/C20H24FN3O5S/c1-5-29-20(26)15-9-8-11-17(14(15)2)22-19(25)13-24(30(27,28)23(3)4)18-12-7-6-10-16(18)21/h6-12H,5,13H2,1-4H3,(H,22,25). The summed E-state index contributed by atoms with van der Waals surface area (Å²) >= 11 is 0. The topological polar surface area (TPSA) is 96.0 Å². The third-order valence-corrected chi connectivity index (χ3v) is 6.06. The first-order chi connectivity index (χ1) is 14.1. The summed E-state index contributed by atoms with van der Waals surface area (Å²) < 4.78 is 46.2. The normalized spacial score (nSPS) is 11.3. The fourth-order valence-electron chi connectivity index (χ4n) is 2.66. The minimum absolute atomic E-state index is 0.203. The first kappa shape index (κ1) is 23.3. The lowest BCUT2D eigenvalue weighted by Crippen LogP contribution is -2.44. The van der Waals surface area contributed by atoms with E-state index in [0.717, 1.165) is 10.4 Å². The third-order valence-electron chi connectivity index (χ3n) is 4.25. The molecule has 0 atom stereocenters. The highest BCUT2D eigenvalue weighted by atomic mass is 32.2. The number of hydrogen-bond acceptors (Lipinski definition) is 5. The number of carbonyl (C=O) groups is 2. The number of hydrogen-bond donors (Lipinski definition) is 1. The van der Waals surface area contributed by atoms with E-state index < -0.39 is 34.4 Å². The molecule has 0 aliphatic carbocycles. The van der Waals surface area contributed by atoms with Crippen molar-refractivity contribution in [2.75, 3.05) is 36.9 Å². The van der Waals surface area contributed by atoms with Gasteiger partial charge in [0.1, 0.15) is 12.4 Å². The van der Waals surface area contributed by atoms with Crippen molar-refractivity contribution in [3.05, 3.63) is 59.4 Å². The van der Waals surface area contributed by atoms with Crippen LogP contribution in [-0.4, -0.2) is 51.8 Å². The number of anilines is 2. The Morgan fingerprint density at radius 2 is 1.77 bits per heavy atom. The van der Waals surface area contributed by atoms with Crippen LogP contribution in [0.5, 0.6) is 0 Å². The van der Waals surface area contributed by atoms with Crippen molar-refractivity contribution in [3.8, 4) is 0 Å². The molecule has 10 heteroatoms. The maximum atomic E-state index is 14.3. The van der Waals surface area contributed by atoms with E-state index in [1.807, 2.05) is 0 Å². The summed E-state index contributed by atoms with van der Waals surface area (Å²) in [6.45, 7) is 2.85. The first-order valence-electron chi connectivity index (χ1n) is 9.10. The Kier molecular flexibility index (Phi) is 7.52. The molecular weight excluding hydrogens is 413 g/mol. The van der Waals surface area contributed by atoms with Gasteiger partial charge in [0.25, 0.3) is 0 Å². The number of amides is 1. The van der Waals surface area contributed by atoms with Crippen molar-refractivity contribution in [1.29, 1.82) is 0 Å². The largest absolute Gasteiger partial charge is 0.462 e. The van der Waals surface area contributed by atoms with Crippen LogP contribution in [0, 0.1) is 12.7 Å². The Hall–Kier alpha value is -2.98. The van der Waals surface area contributed by atoms with Crippen LogP contribution in [0.25, 0.3) is 0 Å². The highest BCUT2D eigenvalue weighted by molar-refractivity contribution is 7.90. The van der Waals surface area contributed by atoms with Crippen molar-refractivity contribution < 1.29 is 27.1 Å². The molecule has 2 aromatic rings. The Morgan fingerprint density at radius 3 is 2.37 bits per heavy atom. The minimum Gasteiger partial charge on any atom is -0.462 e. The van der Waals surface area contributed by atoms with E-state index in [4.69, 9.17) is 4.74 Å². The Balaban J connectivity index is 2.33. The molecule has 0 radical (unpaired) electrons. The first-order valence-corrected chi connectivity index (χ1v) is 10.5. The fourth-order valence-corrected chi connectivity index (χ4v) is 3.73. The summed E-state index contributed by atoms with van der Waals surface area (Å²) in [6, 6.07) is 9.98. The maximum absolute atomic E-state index is 14.3. The van der Waals surface area contributed by atoms with Crippen molar-refractivity contribution >= 4 is 33.5 Å². The summed E-state index contributed by atoms with van der Waals surface area (Å²) in [5.41, 5.74) is 0.818. The smallest absolute Gasteiger partial charge is 0.338 e. The zero-order valence-electron chi connectivity index (χ0n) is 17.2. The van der Waals surface area contributed by atoms with Crippen LogP contribution >= 0.6 is 0 Å². The van der Waals surface area contributed by atoms with Crippen molar-refractivity contribution in [1.82, 2.24) is 4.31 Å². The fraction of sp³-hybridized carbons (Fsp3) is 0.300. The number of benzene rings is 2. The Morgan fingerprint density at radius 1 is 1.10 bits per heavy atom. The zero-order valence-corrected chi connectivity index (χ0v) is 18.0. The molecule has 0 aliphatic rings. The number of para-hydroxylation sites is 1. The summed E-state index contributed by atoms with van der Waals surface area (Å²) in [5.74, 6) is -2.02. The van der Waals surface area contributed by atoms with Gasteiger partial charge in [0.15, 0.2) is 0 Å². The van der Waals surface area contributed by atoms with E-state index in [1.165, 1.54) is 32.3 Å². The number of halogens is 1. The van der Waals surface area contributed by atoms with Crippen molar-refractivity contribution in [3.63, 3.8) is 0 Å². The highest BCUT2D eigenvalue weighted by Gasteiger charge is 2.29. The predicted octanol–water partition coefficient (Wildman–Crippen LogP) is 2.56. The van der Waals surface area contributed by atoms with Gasteiger partial charge >= 0.3 is 16.2 Å². The van der Waals surface area contributed by atoms with Crippen LogP contribution in [-0.2, 0) is 19.7 Å². The van der Waals surface area contributed by atoms with Crippen LogP contribution < -0.4 is 9.62 Å². The summed E-state index contributed by atoms with van der Waals surface area (Å²) in [6.07, 6.45) is 0. The second-order valence-corrected chi connectivity index (χ2v) is 8.56. The van der Waals surface area contributed by atoms with E-state index in [-0.39, 0.29) is 17.9 Å². The number of ether oxygens (including phenoxy) is 1. The summed E-state index contributed by atoms with van der Waals surface area (Å²) in [4.78, 5) is 24.7. The average Bonchev–Trinajstić information content (AvgIpc) is 2.68. The number of esters is 1. The molecule has 0 spiro atoms. The predicted molar refractivity (Wildman–Crippen MR) is 112 cm³/mol. The van der Waals surface area contributed by atoms with E-state index >= 15 is 0 Å². The van der Waals surface area contributed by atoms with Gasteiger partial charge in [-0.2, -0.15) is 12.7 Å². The molecule has 30 heavy (non-hydrogen) atoms. The van der Waals surface area contributed by atoms with Gasteiger partial charge in [-0.3, -0.25) is 4.79 Å². The van der Waals surface area contributed by atoms with Crippen molar-refractivity contribution in [2.45, 2.75) is 13.8 Å². The van der Waals surface area contributed by atoms with Crippen LogP contribution in [0.15, 0.2) is 42.5 Å². The molecule has 0 fully saturated rings. The van der Waals surface area contributed by atoms with E-state index in [0.29, 0.717) is 15.6 Å². The second kappa shape index (κ2) is 9.68. The molecule has 8 nitrogen and oxygen atoms in total. The molecule has 2 aromatic carbocycles. The summed E-state index contributed by atoms with van der Waals surface area (Å²) in [5, 5.41) is 2.58. The van der Waals surface area contributed by atoms with Gasteiger partial charge in [-0.1, -0.05) is 18.2 Å². The average molecular weight is 437 g/mol. The van der Waals surface area contributed by atoms with Crippen LogP contribution in [0.3, 0.4) is 0 Å². The Labute approximate surface area is 175 Å². The molecule has 0 saturated carbocycles. The zero-order chi connectivity index (χ0) is 22.5. The molecule has 0 saturated heterocycles. The molecule has 1 amide bonds. The van der Waals surface area contributed by atoms with Crippen LogP contribution in [0.1, 0.15) is 22.8 Å². The highest BCUT2D eigenvalue weighted by Crippen LogP contribution is 2.24. The van der Waals surface area contributed by atoms with Gasteiger partial charge < -0.3 is 10.1 Å². The monoisotopic (exact) mass is 437 g/mol. The molecule has 0 aromatic heterocycles. The third kappa shape index (κ3) is 5.14. The SMILES string of the molecule is CCOC(=O)c1cccc(NC(=O)CN(c2ccccc2F)S(=O)(=O)N(C)C)c1C. The molecule has 162 valence electrons. The van der Waals surface area contributed by atoms with Crippen LogP contribution in [0.4, 0.5) is 15.8 Å². The lowest BCUT2D eigenvalue weighted by Gasteiger charge is -2.27. The van der Waals surface area contributed by atoms with Gasteiger partial charge in [0, 0.05) is 19.8 Å². The second-order valence-electron chi connectivity index (χ2n) is 6.50. The van der Waals surface area contributed by atoms with Gasteiger partial charge in [0.05, 0.1) is 17.9 Å². The molecule has 0 bridgehead atoms. The molecule has 1 N–H and O–H groups in total. The van der Waals surface area contributed by atoms with Crippen LogP contribution in [0.2, 0.25) is 0 Å². The van der Waals surface area contributed by atoms with E-state index in [1.54, 1.807) is 32.0 Å². The Bertz CT molecular complexity index is 1040. The van der Waals surface area contributed by atoms with Gasteiger partial charge in [-0.05, 0) is 43.7 Å².